The number of carbonyl (C=O) groups excluding carboxylic acids is 2. The Labute approximate surface area is 122 Å². The zero-order valence-electron chi connectivity index (χ0n) is 12.3. The highest BCUT2D eigenvalue weighted by molar-refractivity contribution is 5.96. The van der Waals surface area contributed by atoms with E-state index in [1.807, 2.05) is 0 Å². The Bertz CT molecular complexity index is 556. The number of rotatable bonds is 6. The third kappa shape index (κ3) is 4.27. The van der Waals surface area contributed by atoms with Gasteiger partial charge in [-0.2, -0.15) is 0 Å². The molecule has 114 valence electrons. The molecule has 7 heteroatoms. The van der Waals surface area contributed by atoms with E-state index in [1.165, 1.54) is 23.1 Å². The summed E-state index contributed by atoms with van der Waals surface area (Å²) in [6.45, 7) is 5.37. The van der Waals surface area contributed by atoms with Crippen molar-refractivity contribution < 1.29 is 19.2 Å². The van der Waals surface area contributed by atoms with Gasteiger partial charge in [-0.05, 0) is 26.8 Å². The highest BCUT2D eigenvalue weighted by Gasteiger charge is 2.21. The number of ether oxygens (including phenoxy) is 1. The molecule has 1 aromatic rings. The maximum atomic E-state index is 12.3. The molecule has 0 aliphatic heterocycles. The minimum atomic E-state index is -0.534. The summed E-state index contributed by atoms with van der Waals surface area (Å²) < 4.78 is 4.80. The number of nitrogens with zero attached hydrogens (tertiary/aromatic N) is 2. The molecule has 0 aromatic heterocycles. The second-order valence-corrected chi connectivity index (χ2v) is 4.38. The van der Waals surface area contributed by atoms with Crippen LogP contribution in [0.15, 0.2) is 18.2 Å². The molecule has 7 nitrogen and oxygen atoms in total. The van der Waals surface area contributed by atoms with Gasteiger partial charge in [0.2, 0.25) is 0 Å². The summed E-state index contributed by atoms with van der Waals surface area (Å²) in [4.78, 5) is 35.4. The summed E-state index contributed by atoms with van der Waals surface area (Å²) in [7, 11) is 0. The molecule has 0 fully saturated rings. The van der Waals surface area contributed by atoms with E-state index >= 15 is 0 Å². The monoisotopic (exact) mass is 294 g/mol. The highest BCUT2D eigenvalue weighted by atomic mass is 16.6. The molecule has 0 unspecified atom stereocenters. The topological polar surface area (TPSA) is 89.8 Å². The molecular formula is C14H18N2O5. The molecule has 0 spiro atoms. The Morgan fingerprint density at radius 3 is 2.52 bits per heavy atom. The van der Waals surface area contributed by atoms with E-state index in [2.05, 4.69) is 0 Å². The number of carbonyl (C=O) groups is 2. The highest BCUT2D eigenvalue weighted by Crippen LogP contribution is 2.20. The lowest BCUT2D eigenvalue weighted by molar-refractivity contribution is -0.385. The maximum Gasteiger partial charge on any atom is 0.325 e. The van der Waals surface area contributed by atoms with Crippen molar-refractivity contribution in [2.75, 3.05) is 19.7 Å². The van der Waals surface area contributed by atoms with Crippen LogP contribution in [-0.2, 0) is 9.53 Å². The van der Waals surface area contributed by atoms with Crippen LogP contribution in [0.25, 0.3) is 0 Å². The predicted octanol–water partition coefficient (Wildman–Crippen LogP) is 1.93. The van der Waals surface area contributed by atoms with Crippen LogP contribution < -0.4 is 0 Å². The predicted molar refractivity (Wildman–Crippen MR) is 76.0 cm³/mol. The third-order valence-electron chi connectivity index (χ3n) is 2.95. The van der Waals surface area contributed by atoms with Gasteiger partial charge in [0.25, 0.3) is 11.6 Å². The van der Waals surface area contributed by atoms with Crippen molar-refractivity contribution in [3.63, 3.8) is 0 Å². The van der Waals surface area contributed by atoms with Crippen LogP contribution in [0.5, 0.6) is 0 Å². The van der Waals surface area contributed by atoms with Crippen molar-refractivity contribution in [3.05, 3.63) is 39.4 Å². The number of aryl methyl sites for hydroxylation is 1. The van der Waals surface area contributed by atoms with Crippen LogP contribution >= 0.6 is 0 Å². The quantitative estimate of drug-likeness (QED) is 0.454. The largest absolute Gasteiger partial charge is 0.465 e. The van der Waals surface area contributed by atoms with Crippen LogP contribution in [0.4, 0.5) is 5.69 Å². The average molecular weight is 294 g/mol. The van der Waals surface area contributed by atoms with Gasteiger partial charge in [0.05, 0.1) is 11.5 Å². The number of nitro groups is 1. The van der Waals surface area contributed by atoms with E-state index in [4.69, 9.17) is 4.74 Å². The minimum Gasteiger partial charge on any atom is -0.465 e. The number of hydrogen-bond donors (Lipinski definition) is 0. The van der Waals surface area contributed by atoms with Crippen molar-refractivity contribution in [2.45, 2.75) is 20.8 Å². The Morgan fingerprint density at radius 2 is 2.00 bits per heavy atom. The van der Waals surface area contributed by atoms with Crippen molar-refractivity contribution >= 4 is 17.6 Å². The smallest absolute Gasteiger partial charge is 0.325 e. The lowest BCUT2D eigenvalue weighted by atomic mass is 10.1. The van der Waals surface area contributed by atoms with E-state index in [0.29, 0.717) is 12.1 Å². The fourth-order valence-electron chi connectivity index (χ4n) is 1.81. The second kappa shape index (κ2) is 7.37. The van der Waals surface area contributed by atoms with E-state index in [0.717, 1.165) is 0 Å². The molecular weight excluding hydrogens is 276 g/mol. The van der Waals surface area contributed by atoms with Crippen molar-refractivity contribution in [3.8, 4) is 0 Å². The summed E-state index contributed by atoms with van der Waals surface area (Å²) in [5.74, 6) is -0.942. The standard InChI is InChI=1S/C14H18N2O5/c1-4-15(9-13(17)21-5-2)14(18)11-7-6-10(3)12(8-11)16(19)20/h6-8H,4-5,9H2,1-3H3. The molecule has 0 aliphatic rings. The lowest BCUT2D eigenvalue weighted by Crippen LogP contribution is -2.36. The molecule has 1 aromatic carbocycles. The molecule has 0 atom stereocenters. The fourth-order valence-corrected chi connectivity index (χ4v) is 1.81. The molecule has 0 N–H and O–H groups in total. The molecule has 0 saturated carbocycles. The van der Waals surface area contributed by atoms with Gasteiger partial charge in [0.15, 0.2) is 0 Å². The Morgan fingerprint density at radius 1 is 1.33 bits per heavy atom. The fraction of sp³-hybridized carbons (Fsp3) is 0.429. The lowest BCUT2D eigenvalue weighted by Gasteiger charge is -2.19. The second-order valence-electron chi connectivity index (χ2n) is 4.38. The van der Waals surface area contributed by atoms with Crippen molar-refractivity contribution in [2.24, 2.45) is 0 Å². The molecule has 1 amide bonds. The summed E-state index contributed by atoms with van der Waals surface area (Å²) >= 11 is 0. The number of amides is 1. The van der Waals surface area contributed by atoms with Gasteiger partial charge >= 0.3 is 5.97 Å². The maximum absolute atomic E-state index is 12.3. The molecule has 21 heavy (non-hydrogen) atoms. The third-order valence-corrected chi connectivity index (χ3v) is 2.95. The molecule has 0 aliphatic carbocycles. The first-order chi connectivity index (χ1) is 9.90. The summed E-state index contributed by atoms with van der Waals surface area (Å²) in [5.41, 5.74) is 0.538. The zero-order chi connectivity index (χ0) is 16.0. The first kappa shape index (κ1) is 16.6. The number of hydrogen-bond acceptors (Lipinski definition) is 5. The van der Waals surface area contributed by atoms with E-state index < -0.39 is 16.8 Å². The summed E-state index contributed by atoms with van der Waals surface area (Å²) in [6, 6.07) is 4.26. The van der Waals surface area contributed by atoms with Crippen LogP contribution in [0.1, 0.15) is 29.8 Å². The Hall–Kier alpha value is -2.44. The SMILES string of the molecule is CCOC(=O)CN(CC)C(=O)c1ccc(C)c([N+](=O)[O-])c1. The van der Waals surface area contributed by atoms with Crippen LogP contribution in [-0.4, -0.2) is 41.4 Å². The summed E-state index contributed by atoms with van der Waals surface area (Å²) in [5, 5.41) is 10.9. The Balaban J connectivity index is 2.97. The molecule has 0 radical (unpaired) electrons. The van der Waals surface area contributed by atoms with Gasteiger partial charge in [-0.1, -0.05) is 6.07 Å². The molecule has 0 bridgehead atoms. The van der Waals surface area contributed by atoms with E-state index in [9.17, 15) is 19.7 Å². The van der Waals surface area contributed by atoms with Crippen molar-refractivity contribution in [1.29, 1.82) is 0 Å². The zero-order valence-corrected chi connectivity index (χ0v) is 12.3. The van der Waals surface area contributed by atoms with Crippen LogP contribution in [0.3, 0.4) is 0 Å². The average Bonchev–Trinajstić information content (AvgIpc) is 2.44. The van der Waals surface area contributed by atoms with Gasteiger partial charge < -0.3 is 9.64 Å². The number of nitro benzene ring substituents is 1. The molecule has 0 heterocycles. The van der Waals surface area contributed by atoms with Crippen molar-refractivity contribution in [1.82, 2.24) is 4.90 Å². The van der Waals surface area contributed by atoms with Gasteiger partial charge in [-0.15, -0.1) is 0 Å². The Kier molecular flexibility index (Phi) is 5.83. The van der Waals surface area contributed by atoms with Gasteiger partial charge in [-0.3, -0.25) is 19.7 Å². The number of esters is 1. The normalized spacial score (nSPS) is 10.0. The van der Waals surface area contributed by atoms with Gasteiger partial charge in [0.1, 0.15) is 6.54 Å². The van der Waals surface area contributed by atoms with Gasteiger partial charge in [0, 0.05) is 23.7 Å². The van der Waals surface area contributed by atoms with Gasteiger partial charge in [-0.25, -0.2) is 0 Å². The molecule has 0 saturated heterocycles. The first-order valence-electron chi connectivity index (χ1n) is 6.60. The number of benzene rings is 1. The molecule has 1 rings (SSSR count). The van der Waals surface area contributed by atoms with Crippen LogP contribution in [0.2, 0.25) is 0 Å². The number of likely N-dealkylation sites (N-methyl/N-ethyl adjacent to an activating group) is 1. The van der Waals surface area contributed by atoms with Crippen LogP contribution in [0, 0.1) is 17.0 Å². The first-order valence-corrected chi connectivity index (χ1v) is 6.60. The minimum absolute atomic E-state index is 0.118. The van der Waals surface area contributed by atoms with E-state index in [-0.39, 0.29) is 24.4 Å². The van der Waals surface area contributed by atoms with E-state index in [1.54, 1.807) is 20.8 Å². The summed E-state index contributed by atoms with van der Waals surface area (Å²) in [6.07, 6.45) is 0.